The van der Waals surface area contributed by atoms with Crippen molar-refractivity contribution in [2.24, 2.45) is 5.92 Å². The molecular weight excluding hydrogens is 314 g/mol. The zero-order valence-electron chi connectivity index (χ0n) is 13.2. The SMILES string of the molecule is CC(C)COc1ccccc1/C=C/c1nc(O)c([N+](=O)[O-])c(=O)[nH]1. The van der Waals surface area contributed by atoms with Gasteiger partial charge in [0, 0.05) is 5.56 Å². The fourth-order valence-electron chi connectivity index (χ4n) is 1.89. The molecule has 0 saturated heterocycles. The molecule has 0 unspecified atom stereocenters. The molecule has 0 aliphatic rings. The minimum absolute atomic E-state index is 0.00163. The van der Waals surface area contributed by atoms with Gasteiger partial charge in [0.15, 0.2) is 0 Å². The van der Waals surface area contributed by atoms with E-state index in [0.29, 0.717) is 18.3 Å². The molecular formula is C16H17N3O5. The number of ether oxygens (including phenoxy) is 1. The highest BCUT2D eigenvalue weighted by Gasteiger charge is 2.21. The van der Waals surface area contributed by atoms with Crippen molar-refractivity contribution in [3.63, 3.8) is 0 Å². The van der Waals surface area contributed by atoms with Crippen LogP contribution in [0.4, 0.5) is 5.69 Å². The van der Waals surface area contributed by atoms with Gasteiger partial charge in [0.2, 0.25) is 0 Å². The summed E-state index contributed by atoms with van der Waals surface area (Å²) in [6.07, 6.45) is 3.07. The quantitative estimate of drug-likeness (QED) is 0.620. The Morgan fingerprint density at radius 1 is 1.38 bits per heavy atom. The molecule has 0 fully saturated rings. The van der Waals surface area contributed by atoms with Gasteiger partial charge in [0.25, 0.3) is 5.88 Å². The molecule has 1 aromatic heterocycles. The molecule has 2 rings (SSSR count). The Labute approximate surface area is 137 Å². The second-order valence-corrected chi connectivity index (χ2v) is 5.46. The van der Waals surface area contributed by atoms with Crippen LogP contribution in [0.25, 0.3) is 12.2 Å². The molecule has 0 aliphatic carbocycles. The van der Waals surface area contributed by atoms with Gasteiger partial charge in [-0.3, -0.25) is 14.9 Å². The van der Waals surface area contributed by atoms with E-state index in [4.69, 9.17) is 4.74 Å². The lowest BCUT2D eigenvalue weighted by Crippen LogP contribution is -2.14. The third-order valence-electron chi connectivity index (χ3n) is 2.99. The van der Waals surface area contributed by atoms with Crippen LogP contribution in [-0.4, -0.2) is 26.6 Å². The van der Waals surface area contributed by atoms with Crippen LogP contribution in [0.3, 0.4) is 0 Å². The maximum atomic E-state index is 11.6. The Hall–Kier alpha value is -3.16. The Morgan fingerprint density at radius 3 is 2.71 bits per heavy atom. The molecule has 0 aliphatic heterocycles. The largest absolute Gasteiger partial charge is 0.493 e. The molecule has 0 amide bonds. The van der Waals surface area contributed by atoms with Gasteiger partial charge in [-0.15, -0.1) is 0 Å². The second kappa shape index (κ2) is 7.40. The molecule has 1 aromatic carbocycles. The zero-order valence-corrected chi connectivity index (χ0v) is 13.2. The van der Waals surface area contributed by atoms with Crippen molar-refractivity contribution >= 4 is 17.8 Å². The number of aromatic nitrogens is 2. The number of hydrogen-bond acceptors (Lipinski definition) is 6. The van der Waals surface area contributed by atoms with Gasteiger partial charge < -0.3 is 14.8 Å². The number of hydrogen-bond donors (Lipinski definition) is 2. The average Bonchev–Trinajstić information content (AvgIpc) is 2.50. The molecule has 2 aromatic rings. The summed E-state index contributed by atoms with van der Waals surface area (Å²) in [6.45, 7) is 4.62. The number of nitro groups is 1. The topological polar surface area (TPSA) is 118 Å². The molecule has 8 heteroatoms. The second-order valence-electron chi connectivity index (χ2n) is 5.46. The normalized spacial score (nSPS) is 11.1. The molecule has 8 nitrogen and oxygen atoms in total. The van der Waals surface area contributed by atoms with E-state index in [1.54, 1.807) is 6.08 Å². The Morgan fingerprint density at radius 2 is 2.08 bits per heavy atom. The number of aromatic amines is 1. The lowest BCUT2D eigenvalue weighted by atomic mass is 10.2. The smallest absolute Gasteiger partial charge is 0.395 e. The lowest BCUT2D eigenvalue weighted by molar-refractivity contribution is -0.387. The van der Waals surface area contributed by atoms with Gasteiger partial charge in [-0.25, -0.2) is 0 Å². The summed E-state index contributed by atoms with van der Waals surface area (Å²) in [7, 11) is 0. The Kier molecular flexibility index (Phi) is 5.31. The molecule has 24 heavy (non-hydrogen) atoms. The first-order valence-electron chi connectivity index (χ1n) is 7.26. The number of nitrogens with zero attached hydrogens (tertiary/aromatic N) is 2. The number of rotatable bonds is 6. The van der Waals surface area contributed by atoms with Gasteiger partial charge in [-0.1, -0.05) is 32.0 Å². The first-order chi connectivity index (χ1) is 11.4. The summed E-state index contributed by atoms with van der Waals surface area (Å²) >= 11 is 0. The van der Waals surface area contributed by atoms with Crippen LogP contribution in [0.2, 0.25) is 0 Å². The van der Waals surface area contributed by atoms with E-state index in [-0.39, 0.29) is 5.82 Å². The van der Waals surface area contributed by atoms with E-state index in [9.17, 15) is 20.0 Å². The summed E-state index contributed by atoms with van der Waals surface area (Å²) in [4.78, 5) is 27.1. The molecule has 0 radical (unpaired) electrons. The standard InChI is InChI=1S/C16H17N3O5/c1-10(2)9-24-12-6-4-3-5-11(12)7-8-13-17-15(20)14(19(22)23)16(21)18-13/h3-8,10H,9H2,1-2H3,(H2,17,18,20,21)/b8-7+. The van der Waals surface area contributed by atoms with Gasteiger partial charge in [-0.2, -0.15) is 4.98 Å². The summed E-state index contributed by atoms with van der Waals surface area (Å²) in [6, 6.07) is 7.29. The first-order valence-corrected chi connectivity index (χ1v) is 7.26. The third kappa shape index (κ3) is 4.19. The molecule has 126 valence electrons. The third-order valence-corrected chi connectivity index (χ3v) is 2.99. The number of nitrogens with one attached hydrogen (secondary N) is 1. The van der Waals surface area contributed by atoms with Crippen molar-refractivity contribution in [3.8, 4) is 11.6 Å². The Bertz CT molecular complexity index is 827. The van der Waals surface area contributed by atoms with Crippen molar-refractivity contribution in [1.82, 2.24) is 9.97 Å². The van der Waals surface area contributed by atoms with Crippen molar-refractivity contribution in [2.75, 3.05) is 6.61 Å². The van der Waals surface area contributed by atoms with E-state index in [0.717, 1.165) is 5.56 Å². The summed E-state index contributed by atoms with van der Waals surface area (Å²) in [5.41, 5.74) is -1.25. The molecule has 1 heterocycles. The maximum absolute atomic E-state index is 11.6. The predicted molar refractivity (Wildman–Crippen MR) is 88.9 cm³/mol. The average molecular weight is 331 g/mol. The lowest BCUT2D eigenvalue weighted by Gasteiger charge is -2.10. The number of aromatic hydroxyl groups is 1. The summed E-state index contributed by atoms with van der Waals surface area (Å²) < 4.78 is 5.70. The van der Waals surface area contributed by atoms with Crippen molar-refractivity contribution in [1.29, 1.82) is 0 Å². The van der Waals surface area contributed by atoms with E-state index in [1.807, 2.05) is 38.1 Å². The van der Waals surface area contributed by atoms with E-state index >= 15 is 0 Å². The molecule has 2 N–H and O–H groups in total. The first kappa shape index (κ1) is 17.2. The highest BCUT2D eigenvalue weighted by atomic mass is 16.6. The van der Waals surface area contributed by atoms with Crippen LogP contribution in [0.1, 0.15) is 25.2 Å². The fraction of sp³-hybridized carbons (Fsp3) is 0.250. The highest BCUT2D eigenvalue weighted by molar-refractivity contribution is 5.70. The predicted octanol–water partition coefficient (Wildman–Crippen LogP) is 2.59. The minimum atomic E-state index is -1.02. The van der Waals surface area contributed by atoms with Crippen LogP contribution in [0.15, 0.2) is 29.1 Å². The minimum Gasteiger partial charge on any atom is -0.493 e. The summed E-state index contributed by atoms with van der Waals surface area (Å²) in [5.74, 6) is 0.108. The number of para-hydroxylation sites is 1. The zero-order chi connectivity index (χ0) is 17.7. The van der Waals surface area contributed by atoms with E-state index < -0.39 is 22.0 Å². The van der Waals surface area contributed by atoms with Crippen LogP contribution in [-0.2, 0) is 0 Å². The van der Waals surface area contributed by atoms with E-state index in [1.165, 1.54) is 6.08 Å². The monoisotopic (exact) mass is 331 g/mol. The molecule has 0 bridgehead atoms. The van der Waals surface area contributed by atoms with Gasteiger partial charge >= 0.3 is 11.2 Å². The van der Waals surface area contributed by atoms with Gasteiger partial charge in [0.05, 0.1) is 11.5 Å². The molecule has 0 spiro atoms. The number of benzene rings is 1. The Balaban J connectivity index is 2.29. The van der Waals surface area contributed by atoms with Crippen LogP contribution < -0.4 is 10.3 Å². The maximum Gasteiger partial charge on any atom is 0.395 e. The summed E-state index contributed by atoms with van der Waals surface area (Å²) in [5, 5.41) is 20.2. The van der Waals surface area contributed by atoms with Crippen LogP contribution >= 0.6 is 0 Å². The highest BCUT2D eigenvalue weighted by Crippen LogP contribution is 2.22. The van der Waals surface area contributed by atoms with E-state index in [2.05, 4.69) is 9.97 Å². The molecule has 0 atom stereocenters. The van der Waals surface area contributed by atoms with Crippen molar-refractivity contribution in [2.45, 2.75) is 13.8 Å². The molecule has 0 saturated carbocycles. The fourth-order valence-corrected chi connectivity index (χ4v) is 1.89. The van der Waals surface area contributed by atoms with Crippen LogP contribution in [0, 0.1) is 16.0 Å². The van der Waals surface area contributed by atoms with Crippen LogP contribution in [0.5, 0.6) is 11.6 Å². The van der Waals surface area contributed by atoms with Crippen molar-refractivity contribution in [3.05, 3.63) is 56.1 Å². The van der Waals surface area contributed by atoms with Crippen molar-refractivity contribution < 1.29 is 14.8 Å². The number of H-pyrrole nitrogens is 1. The van der Waals surface area contributed by atoms with Gasteiger partial charge in [-0.05, 0) is 24.1 Å². The van der Waals surface area contributed by atoms with Gasteiger partial charge in [0.1, 0.15) is 11.6 Å².